The third-order valence-corrected chi connectivity index (χ3v) is 3.20. The fourth-order valence-corrected chi connectivity index (χ4v) is 2.11. The first-order valence-electron chi connectivity index (χ1n) is 6.84. The van der Waals surface area contributed by atoms with Gasteiger partial charge in [0.05, 0.1) is 5.69 Å². The van der Waals surface area contributed by atoms with Crippen molar-refractivity contribution in [1.29, 1.82) is 0 Å². The Morgan fingerprint density at radius 1 is 1.20 bits per heavy atom. The van der Waals surface area contributed by atoms with E-state index >= 15 is 0 Å². The van der Waals surface area contributed by atoms with Crippen LogP contribution in [0, 0.1) is 6.92 Å². The predicted molar refractivity (Wildman–Crippen MR) is 77.6 cm³/mol. The number of benzene rings is 1. The van der Waals surface area contributed by atoms with Crippen molar-refractivity contribution in [3.05, 3.63) is 41.2 Å². The highest BCUT2D eigenvalue weighted by molar-refractivity contribution is 5.38. The van der Waals surface area contributed by atoms with Gasteiger partial charge in [-0.1, -0.05) is 13.0 Å². The molecule has 0 bridgehead atoms. The summed E-state index contributed by atoms with van der Waals surface area (Å²) in [5.41, 5.74) is 2.96. The van der Waals surface area contributed by atoms with Crippen molar-refractivity contribution in [3.63, 3.8) is 0 Å². The molecule has 1 heterocycles. The van der Waals surface area contributed by atoms with Crippen molar-refractivity contribution in [2.45, 2.75) is 39.9 Å². The fraction of sp³-hybridized carbons (Fsp3) is 0.400. The second-order valence-electron chi connectivity index (χ2n) is 4.92. The summed E-state index contributed by atoms with van der Waals surface area (Å²) < 4.78 is 1.96. The SMILES string of the molecule is CCCn1cc(CNCc2ccc(O)cc2O)c(C)n1. The van der Waals surface area contributed by atoms with E-state index in [2.05, 4.69) is 23.5 Å². The first-order valence-corrected chi connectivity index (χ1v) is 6.84. The van der Waals surface area contributed by atoms with Gasteiger partial charge in [-0.3, -0.25) is 4.68 Å². The highest BCUT2D eigenvalue weighted by Gasteiger charge is 2.06. The lowest BCUT2D eigenvalue weighted by Gasteiger charge is -2.06. The first kappa shape index (κ1) is 14.4. The van der Waals surface area contributed by atoms with E-state index in [9.17, 15) is 10.2 Å². The van der Waals surface area contributed by atoms with E-state index in [1.54, 1.807) is 12.1 Å². The zero-order valence-corrected chi connectivity index (χ0v) is 11.9. The average molecular weight is 275 g/mol. The summed E-state index contributed by atoms with van der Waals surface area (Å²) >= 11 is 0. The van der Waals surface area contributed by atoms with Gasteiger partial charge in [0.15, 0.2) is 0 Å². The number of aromatic nitrogens is 2. The summed E-state index contributed by atoms with van der Waals surface area (Å²) in [4.78, 5) is 0. The molecule has 108 valence electrons. The maximum atomic E-state index is 9.70. The Hall–Kier alpha value is -2.01. The minimum atomic E-state index is 0.0722. The van der Waals surface area contributed by atoms with Gasteiger partial charge in [-0.15, -0.1) is 0 Å². The summed E-state index contributed by atoms with van der Waals surface area (Å²) in [6.07, 6.45) is 3.12. The molecule has 5 heteroatoms. The van der Waals surface area contributed by atoms with Crippen molar-refractivity contribution in [2.75, 3.05) is 0 Å². The van der Waals surface area contributed by atoms with E-state index in [0.29, 0.717) is 13.1 Å². The van der Waals surface area contributed by atoms with Gasteiger partial charge in [0.1, 0.15) is 11.5 Å². The number of phenols is 2. The van der Waals surface area contributed by atoms with Crippen molar-refractivity contribution < 1.29 is 10.2 Å². The largest absolute Gasteiger partial charge is 0.508 e. The molecule has 5 nitrogen and oxygen atoms in total. The second-order valence-corrected chi connectivity index (χ2v) is 4.92. The van der Waals surface area contributed by atoms with Crippen LogP contribution in [-0.2, 0) is 19.6 Å². The topological polar surface area (TPSA) is 70.3 Å². The third kappa shape index (κ3) is 3.51. The molecule has 0 aliphatic rings. The Bertz CT molecular complexity index is 578. The molecule has 0 spiro atoms. The van der Waals surface area contributed by atoms with Crippen LogP contribution in [0.1, 0.15) is 30.2 Å². The molecule has 0 aliphatic heterocycles. The highest BCUT2D eigenvalue weighted by Crippen LogP contribution is 2.22. The molecular formula is C15H21N3O2. The maximum absolute atomic E-state index is 9.70. The van der Waals surface area contributed by atoms with Crippen molar-refractivity contribution in [3.8, 4) is 11.5 Å². The van der Waals surface area contributed by atoms with Crippen LogP contribution in [0.5, 0.6) is 11.5 Å². The molecule has 1 aromatic heterocycles. The molecule has 0 fully saturated rings. The van der Waals surface area contributed by atoms with Gasteiger partial charge >= 0.3 is 0 Å². The smallest absolute Gasteiger partial charge is 0.123 e. The van der Waals surface area contributed by atoms with E-state index in [-0.39, 0.29) is 11.5 Å². The molecule has 0 aliphatic carbocycles. The van der Waals surface area contributed by atoms with Crippen molar-refractivity contribution in [2.24, 2.45) is 0 Å². The van der Waals surface area contributed by atoms with Gasteiger partial charge in [-0.2, -0.15) is 5.10 Å². The van der Waals surface area contributed by atoms with Crippen LogP contribution in [-0.4, -0.2) is 20.0 Å². The van der Waals surface area contributed by atoms with Gasteiger partial charge in [0, 0.05) is 43.0 Å². The first-order chi connectivity index (χ1) is 9.60. The summed E-state index contributed by atoms with van der Waals surface area (Å²) in [5.74, 6) is 0.179. The predicted octanol–water partition coefficient (Wildman–Crippen LogP) is 2.30. The van der Waals surface area contributed by atoms with Gasteiger partial charge in [0.25, 0.3) is 0 Å². The normalized spacial score (nSPS) is 10.9. The molecule has 0 saturated heterocycles. The van der Waals surface area contributed by atoms with E-state index in [0.717, 1.165) is 29.8 Å². The molecule has 0 atom stereocenters. The Morgan fingerprint density at radius 2 is 1.95 bits per heavy atom. The van der Waals surface area contributed by atoms with Gasteiger partial charge in [0.2, 0.25) is 0 Å². The molecule has 2 rings (SSSR count). The number of rotatable bonds is 6. The van der Waals surface area contributed by atoms with Crippen LogP contribution in [0.2, 0.25) is 0 Å². The summed E-state index contributed by atoms with van der Waals surface area (Å²) in [7, 11) is 0. The average Bonchev–Trinajstić information content (AvgIpc) is 2.73. The number of hydrogen-bond acceptors (Lipinski definition) is 4. The maximum Gasteiger partial charge on any atom is 0.123 e. The molecule has 1 aromatic carbocycles. The summed E-state index contributed by atoms with van der Waals surface area (Å²) in [5, 5.41) is 26.7. The molecule has 0 saturated carbocycles. The number of nitrogens with one attached hydrogen (secondary N) is 1. The van der Waals surface area contributed by atoms with Crippen LogP contribution < -0.4 is 5.32 Å². The van der Waals surface area contributed by atoms with E-state index in [1.807, 2.05) is 11.6 Å². The Morgan fingerprint density at radius 3 is 2.65 bits per heavy atom. The number of nitrogens with zero attached hydrogens (tertiary/aromatic N) is 2. The quantitative estimate of drug-likeness (QED) is 0.756. The highest BCUT2D eigenvalue weighted by atomic mass is 16.3. The minimum Gasteiger partial charge on any atom is -0.508 e. The van der Waals surface area contributed by atoms with Crippen LogP contribution >= 0.6 is 0 Å². The van der Waals surface area contributed by atoms with Gasteiger partial charge in [-0.25, -0.2) is 0 Å². The monoisotopic (exact) mass is 275 g/mol. The zero-order valence-electron chi connectivity index (χ0n) is 11.9. The van der Waals surface area contributed by atoms with Crippen LogP contribution in [0.25, 0.3) is 0 Å². The molecule has 20 heavy (non-hydrogen) atoms. The lowest BCUT2D eigenvalue weighted by Crippen LogP contribution is -2.13. The third-order valence-electron chi connectivity index (χ3n) is 3.20. The Kier molecular flexibility index (Phi) is 4.63. The molecule has 0 amide bonds. The number of hydrogen-bond donors (Lipinski definition) is 3. The zero-order chi connectivity index (χ0) is 14.5. The molecular weight excluding hydrogens is 254 g/mol. The lowest BCUT2D eigenvalue weighted by atomic mass is 10.2. The van der Waals surface area contributed by atoms with Crippen LogP contribution in [0.3, 0.4) is 0 Å². The molecule has 0 radical (unpaired) electrons. The summed E-state index contributed by atoms with van der Waals surface area (Å²) in [6, 6.07) is 4.63. The number of phenolic OH excluding ortho intramolecular Hbond substituents is 2. The van der Waals surface area contributed by atoms with Crippen molar-refractivity contribution in [1.82, 2.24) is 15.1 Å². The summed E-state index contributed by atoms with van der Waals surface area (Å²) in [6.45, 7) is 6.31. The van der Waals surface area contributed by atoms with Gasteiger partial charge in [-0.05, 0) is 19.4 Å². The van der Waals surface area contributed by atoms with E-state index in [1.165, 1.54) is 6.07 Å². The second kappa shape index (κ2) is 6.43. The Labute approximate surface area is 118 Å². The van der Waals surface area contributed by atoms with Crippen LogP contribution in [0.15, 0.2) is 24.4 Å². The van der Waals surface area contributed by atoms with Crippen LogP contribution in [0.4, 0.5) is 0 Å². The molecule has 2 aromatic rings. The van der Waals surface area contributed by atoms with E-state index < -0.39 is 0 Å². The molecule has 3 N–H and O–H groups in total. The van der Waals surface area contributed by atoms with Gasteiger partial charge < -0.3 is 15.5 Å². The fourth-order valence-electron chi connectivity index (χ4n) is 2.11. The standard InChI is InChI=1S/C15H21N3O2/c1-3-6-18-10-13(11(2)17-18)9-16-8-12-4-5-14(19)7-15(12)20/h4-5,7,10,16,19-20H,3,6,8-9H2,1-2H3. The Balaban J connectivity index is 1.92. The molecule has 0 unspecified atom stereocenters. The van der Waals surface area contributed by atoms with Crippen molar-refractivity contribution >= 4 is 0 Å². The lowest BCUT2D eigenvalue weighted by molar-refractivity contribution is 0.443. The number of aromatic hydroxyl groups is 2. The van der Waals surface area contributed by atoms with E-state index in [4.69, 9.17) is 0 Å². The number of aryl methyl sites for hydroxylation is 2. The minimum absolute atomic E-state index is 0.0722.